The maximum atomic E-state index is 12.2. The fourth-order valence-corrected chi connectivity index (χ4v) is 3.10. The summed E-state index contributed by atoms with van der Waals surface area (Å²) < 4.78 is 5.16. The number of ether oxygens (including phenoxy) is 1. The molecule has 0 aliphatic rings. The number of H-pyrrole nitrogens is 1. The molecule has 0 atom stereocenters. The summed E-state index contributed by atoms with van der Waals surface area (Å²) in [6, 6.07) is 16.4. The van der Waals surface area contributed by atoms with Crippen LogP contribution in [0.5, 0.6) is 0 Å². The van der Waals surface area contributed by atoms with Gasteiger partial charge in [-0.3, -0.25) is 9.78 Å². The van der Waals surface area contributed by atoms with E-state index in [1.807, 2.05) is 56.3 Å². The molecule has 0 amide bonds. The van der Waals surface area contributed by atoms with Crippen molar-refractivity contribution in [2.24, 2.45) is 0 Å². The van der Waals surface area contributed by atoms with Gasteiger partial charge < -0.3 is 4.74 Å². The van der Waals surface area contributed by atoms with Crippen LogP contribution < -0.4 is 5.56 Å². The molecular weight excluding hydrogens is 362 g/mol. The SMILES string of the molecule is CC(C)OC(=O)c1ccc(CSc2nnc(-c3ccccc3)c(=O)[nH]2)cc1. The third-order valence-electron chi connectivity index (χ3n) is 3.63. The van der Waals surface area contributed by atoms with Crippen molar-refractivity contribution in [3.8, 4) is 11.3 Å². The number of aromatic amines is 1. The summed E-state index contributed by atoms with van der Waals surface area (Å²) in [6.45, 7) is 3.63. The van der Waals surface area contributed by atoms with Crippen LogP contribution in [0.1, 0.15) is 29.8 Å². The van der Waals surface area contributed by atoms with Crippen LogP contribution in [0.4, 0.5) is 0 Å². The Kier molecular flexibility index (Phi) is 6.03. The first-order valence-electron chi connectivity index (χ1n) is 8.48. The highest BCUT2D eigenvalue weighted by molar-refractivity contribution is 7.98. The number of hydrogen-bond acceptors (Lipinski definition) is 6. The summed E-state index contributed by atoms with van der Waals surface area (Å²) in [7, 11) is 0. The van der Waals surface area contributed by atoms with Gasteiger partial charge in [-0.25, -0.2) is 4.79 Å². The Balaban J connectivity index is 1.64. The second kappa shape index (κ2) is 8.64. The van der Waals surface area contributed by atoms with Gasteiger partial charge in [-0.2, -0.15) is 0 Å². The molecule has 0 bridgehead atoms. The lowest BCUT2D eigenvalue weighted by atomic mass is 10.1. The largest absolute Gasteiger partial charge is 0.459 e. The molecule has 0 aliphatic carbocycles. The minimum atomic E-state index is -0.337. The van der Waals surface area contributed by atoms with Gasteiger partial charge >= 0.3 is 5.97 Å². The summed E-state index contributed by atoms with van der Waals surface area (Å²) in [5, 5.41) is 8.59. The zero-order valence-corrected chi connectivity index (χ0v) is 15.8. The zero-order chi connectivity index (χ0) is 19.2. The van der Waals surface area contributed by atoms with Crippen LogP contribution in [0.15, 0.2) is 64.5 Å². The van der Waals surface area contributed by atoms with Gasteiger partial charge in [0.2, 0.25) is 0 Å². The minimum absolute atomic E-state index is 0.151. The molecule has 27 heavy (non-hydrogen) atoms. The Labute approximate surface area is 161 Å². The maximum Gasteiger partial charge on any atom is 0.338 e. The summed E-state index contributed by atoms with van der Waals surface area (Å²) >= 11 is 1.37. The third-order valence-corrected chi connectivity index (χ3v) is 4.57. The molecule has 1 aromatic heterocycles. The van der Waals surface area contributed by atoms with Gasteiger partial charge in [-0.05, 0) is 31.5 Å². The van der Waals surface area contributed by atoms with E-state index in [1.165, 1.54) is 11.8 Å². The van der Waals surface area contributed by atoms with E-state index in [4.69, 9.17) is 4.74 Å². The Morgan fingerprint density at radius 1 is 1.07 bits per heavy atom. The number of carbonyl (C=O) groups excluding carboxylic acids is 1. The molecule has 6 nitrogen and oxygen atoms in total. The van der Waals surface area contributed by atoms with Crippen molar-refractivity contribution in [3.63, 3.8) is 0 Å². The molecule has 0 saturated heterocycles. The van der Waals surface area contributed by atoms with E-state index in [9.17, 15) is 9.59 Å². The first kappa shape index (κ1) is 18.8. The van der Waals surface area contributed by atoms with Crippen molar-refractivity contribution in [2.75, 3.05) is 0 Å². The van der Waals surface area contributed by atoms with Crippen LogP contribution >= 0.6 is 11.8 Å². The number of carbonyl (C=O) groups is 1. The molecule has 138 valence electrons. The van der Waals surface area contributed by atoms with Crippen LogP contribution in [-0.4, -0.2) is 27.3 Å². The van der Waals surface area contributed by atoms with Crippen LogP contribution in [0.2, 0.25) is 0 Å². The molecule has 0 radical (unpaired) electrons. The van der Waals surface area contributed by atoms with E-state index in [2.05, 4.69) is 15.2 Å². The van der Waals surface area contributed by atoms with E-state index < -0.39 is 0 Å². The first-order valence-corrected chi connectivity index (χ1v) is 9.46. The number of benzene rings is 2. The number of thioether (sulfide) groups is 1. The molecular formula is C20H19N3O3S. The molecule has 0 aliphatic heterocycles. The average molecular weight is 381 g/mol. The number of nitrogens with one attached hydrogen (secondary N) is 1. The summed E-state index contributed by atoms with van der Waals surface area (Å²) in [4.78, 5) is 26.8. The fourth-order valence-electron chi connectivity index (χ4n) is 2.34. The summed E-state index contributed by atoms with van der Waals surface area (Å²) in [6.07, 6.45) is -0.151. The highest BCUT2D eigenvalue weighted by Crippen LogP contribution is 2.19. The average Bonchev–Trinajstić information content (AvgIpc) is 2.67. The molecule has 0 saturated carbocycles. The smallest absolute Gasteiger partial charge is 0.338 e. The number of aromatic nitrogens is 3. The van der Waals surface area contributed by atoms with E-state index in [-0.39, 0.29) is 17.6 Å². The molecule has 1 N–H and O–H groups in total. The van der Waals surface area contributed by atoms with Gasteiger partial charge in [-0.15, -0.1) is 10.2 Å². The van der Waals surface area contributed by atoms with Crippen LogP contribution in [0, 0.1) is 0 Å². The highest BCUT2D eigenvalue weighted by Gasteiger charge is 2.10. The molecule has 0 fully saturated rings. The van der Waals surface area contributed by atoms with Crippen molar-refractivity contribution in [2.45, 2.75) is 30.9 Å². The second-order valence-electron chi connectivity index (χ2n) is 6.11. The van der Waals surface area contributed by atoms with Gasteiger partial charge in [0.25, 0.3) is 5.56 Å². The molecule has 3 aromatic rings. The topological polar surface area (TPSA) is 84.9 Å². The molecule has 2 aromatic carbocycles. The number of nitrogens with zero attached hydrogens (tertiary/aromatic N) is 2. The summed E-state index contributed by atoms with van der Waals surface area (Å²) in [5.74, 6) is 0.255. The normalized spacial score (nSPS) is 10.8. The molecule has 0 spiro atoms. The molecule has 0 unspecified atom stereocenters. The van der Waals surface area contributed by atoms with Gasteiger partial charge in [0.05, 0.1) is 11.7 Å². The van der Waals surface area contributed by atoms with Crippen LogP contribution in [0.3, 0.4) is 0 Å². The first-order chi connectivity index (χ1) is 13.0. The van der Waals surface area contributed by atoms with E-state index in [0.717, 1.165) is 11.1 Å². The predicted molar refractivity (Wildman–Crippen MR) is 105 cm³/mol. The quantitative estimate of drug-likeness (QED) is 0.518. The number of rotatable bonds is 6. The number of esters is 1. The predicted octanol–water partition coefficient (Wildman–Crippen LogP) is 3.69. The van der Waals surface area contributed by atoms with Gasteiger partial charge in [0.15, 0.2) is 10.9 Å². The van der Waals surface area contributed by atoms with Crippen molar-refractivity contribution < 1.29 is 9.53 Å². The maximum absolute atomic E-state index is 12.2. The Morgan fingerprint density at radius 3 is 2.41 bits per heavy atom. The Morgan fingerprint density at radius 2 is 1.78 bits per heavy atom. The van der Waals surface area contributed by atoms with E-state index >= 15 is 0 Å². The summed E-state index contributed by atoms with van der Waals surface area (Å²) in [5.41, 5.74) is 2.26. The lowest BCUT2D eigenvalue weighted by Gasteiger charge is -2.08. The molecule has 1 heterocycles. The highest BCUT2D eigenvalue weighted by atomic mass is 32.2. The Bertz CT molecular complexity index is 970. The van der Waals surface area contributed by atoms with Gasteiger partial charge in [0.1, 0.15) is 0 Å². The van der Waals surface area contributed by atoms with Crippen molar-refractivity contribution >= 4 is 17.7 Å². The van der Waals surface area contributed by atoms with Crippen LogP contribution in [-0.2, 0) is 10.5 Å². The lowest BCUT2D eigenvalue weighted by molar-refractivity contribution is 0.0378. The van der Waals surface area contributed by atoms with E-state index in [0.29, 0.717) is 22.2 Å². The lowest BCUT2D eigenvalue weighted by Crippen LogP contribution is -2.14. The standard InChI is InChI=1S/C20H19N3O3S/c1-13(2)26-19(25)16-10-8-14(9-11-16)12-27-20-21-18(24)17(22-23-20)15-6-4-3-5-7-15/h3-11,13H,12H2,1-2H3,(H,21,23,24). The van der Waals surface area contributed by atoms with Crippen molar-refractivity contribution in [1.29, 1.82) is 0 Å². The van der Waals surface area contributed by atoms with Gasteiger partial charge in [0, 0.05) is 11.3 Å². The fraction of sp³-hybridized carbons (Fsp3) is 0.200. The number of hydrogen-bond donors (Lipinski definition) is 1. The van der Waals surface area contributed by atoms with E-state index in [1.54, 1.807) is 12.1 Å². The van der Waals surface area contributed by atoms with Crippen molar-refractivity contribution in [1.82, 2.24) is 15.2 Å². The molecule has 7 heteroatoms. The zero-order valence-electron chi connectivity index (χ0n) is 15.0. The Hall–Kier alpha value is -2.93. The van der Waals surface area contributed by atoms with Gasteiger partial charge in [-0.1, -0.05) is 54.2 Å². The third kappa shape index (κ3) is 5.04. The second-order valence-corrected chi connectivity index (χ2v) is 7.08. The van der Waals surface area contributed by atoms with Crippen LogP contribution in [0.25, 0.3) is 11.3 Å². The monoisotopic (exact) mass is 381 g/mol. The minimum Gasteiger partial charge on any atom is -0.459 e. The van der Waals surface area contributed by atoms with Crippen molar-refractivity contribution in [3.05, 3.63) is 76.1 Å². The molecule has 3 rings (SSSR count).